The lowest BCUT2D eigenvalue weighted by Gasteiger charge is -2.06. The molecular weight excluding hydrogens is 454 g/mol. The summed E-state index contributed by atoms with van der Waals surface area (Å²) in [6.07, 6.45) is 0. The van der Waals surface area contributed by atoms with Crippen molar-refractivity contribution in [2.24, 2.45) is 5.73 Å². The summed E-state index contributed by atoms with van der Waals surface area (Å²) in [6, 6.07) is 9.62. The number of nitrogens with zero attached hydrogens (tertiary/aromatic N) is 1. The standard InChI is InChI=1S/C21H17N3O6S2/c1-11-5-7-14(12(2)23-11)19(25)20-18(24-21(22)26)15-8-6-13(10-16(15)29-20)30-32(27,28)17-4-3-9-31-17/h3-10H,1-2H3,(H3,22,24,26). The fraction of sp³-hybridized carbons (Fsp3) is 0.0952. The van der Waals surface area contributed by atoms with Crippen molar-refractivity contribution in [3.05, 3.63) is 70.6 Å². The van der Waals surface area contributed by atoms with E-state index in [2.05, 4.69) is 10.3 Å². The molecule has 0 aliphatic rings. The molecule has 3 heterocycles. The maximum absolute atomic E-state index is 13.2. The van der Waals surface area contributed by atoms with Crippen LogP contribution in [0.4, 0.5) is 10.5 Å². The van der Waals surface area contributed by atoms with Crippen LogP contribution in [0.25, 0.3) is 11.0 Å². The van der Waals surface area contributed by atoms with E-state index >= 15 is 0 Å². The summed E-state index contributed by atoms with van der Waals surface area (Å²) in [5.41, 5.74) is 7.01. The molecular formula is C21H17N3O6S2. The van der Waals surface area contributed by atoms with Crippen LogP contribution in [0, 0.1) is 13.8 Å². The first-order valence-corrected chi connectivity index (χ1v) is 11.5. The number of amides is 2. The minimum atomic E-state index is -4.02. The highest BCUT2D eigenvalue weighted by Crippen LogP contribution is 2.35. The van der Waals surface area contributed by atoms with Gasteiger partial charge in [0.1, 0.15) is 17.0 Å². The summed E-state index contributed by atoms with van der Waals surface area (Å²) in [5, 5.41) is 4.39. The molecule has 0 aliphatic heterocycles. The first-order chi connectivity index (χ1) is 15.2. The number of nitrogens with one attached hydrogen (secondary N) is 1. The van der Waals surface area contributed by atoms with Gasteiger partial charge in [-0.15, -0.1) is 11.3 Å². The second kappa shape index (κ2) is 8.09. The van der Waals surface area contributed by atoms with Gasteiger partial charge in [0, 0.05) is 28.4 Å². The van der Waals surface area contributed by atoms with E-state index in [4.69, 9.17) is 14.3 Å². The number of urea groups is 1. The summed E-state index contributed by atoms with van der Waals surface area (Å²) >= 11 is 1.02. The van der Waals surface area contributed by atoms with E-state index in [9.17, 15) is 18.0 Å². The van der Waals surface area contributed by atoms with Crippen LogP contribution in [0.5, 0.6) is 5.75 Å². The highest BCUT2D eigenvalue weighted by atomic mass is 32.3. The lowest BCUT2D eigenvalue weighted by atomic mass is 10.1. The third-order valence-corrected chi connectivity index (χ3v) is 7.14. The van der Waals surface area contributed by atoms with Crippen LogP contribution in [-0.4, -0.2) is 25.2 Å². The van der Waals surface area contributed by atoms with Gasteiger partial charge in [-0.2, -0.15) is 8.42 Å². The number of ketones is 1. The maximum Gasteiger partial charge on any atom is 0.348 e. The second-order valence-electron chi connectivity index (χ2n) is 6.84. The third-order valence-electron chi connectivity index (χ3n) is 4.53. The van der Waals surface area contributed by atoms with E-state index < -0.39 is 21.9 Å². The second-order valence-corrected chi connectivity index (χ2v) is 9.56. The fourth-order valence-corrected chi connectivity index (χ4v) is 5.03. The molecule has 0 saturated carbocycles. The highest BCUT2D eigenvalue weighted by Gasteiger charge is 2.26. The Kier molecular flexibility index (Phi) is 5.45. The Hall–Kier alpha value is -3.70. The summed E-state index contributed by atoms with van der Waals surface area (Å²) in [5.74, 6) is -0.688. The molecule has 1 aromatic carbocycles. The van der Waals surface area contributed by atoms with Crippen molar-refractivity contribution in [1.82, 2.24) is 4.98 Å². The van der Waals surface area contributed by atoms with Crippen LogP contribution in [0.3, 0.4) is 0 Å². The summed E-state index contributed by atoms with van der Waals surface area (Å²) in [7, 11) is -4.02. The van der Waals surface area contributed by atoms with Crippen molar-refractivity contribution < 1.29 is 26.6 Å². The number of carbonyl (C=O) groups excluding carboxylic acids is 2. The summed E-state index contributed by atoms with van der Waals surface area (Å²) < 4.78 is 35.7. The molecule has 0 fully saturated rings. The van der Waals surface area contributed by atoms with Gasteiger partial charge in [0.2, 0.25) is 5.78 Å². The number of aromatic nitrogens is 1. The number of fused-ring (bicyclic) bond motifs is 1. The minimum absolute atomic E-state index is 0.0162. The first-order valence-electron chi connectivity index (χ1n) is 9.25. The molecule has 4 rings (SSSR count). The van der Waals surface area contributed by atoms with Crippen molar-refractivity contribution in [2.45, 2.75) is 18.1 Å². The lowest BCUT2D eigenvalue weighted by molar-refractivity contribution is 0.101. The quantitative estimate of drug-likeness (QED) is 0.320. The molecule has 9 nitrogen and oxygen atoms in total. The van der Waals surface area contributed by atoms with Gasteiger partial charge in [-0.3, -0.25) is 9.78 Å². The third kappa shape index (κ3) is 4.07. The van der Waals surface area contributed by atoms with Gasteiger partial charge >= 0.3 is 16.1 Å². The number of anilines is 1. The molecule has 164 valence electrons. The average molecular weight is 472 g/mol. The van der Waals surface area contributed by atoms with E-state index in [1.807, 2.05) is 0 Å². The topological polar surface area (TPSA) is 142 Å². The van der Waals surface area contributed by atoms with Crippen molar-refractivity contribution in [3.8, 4) is 5.75 Å². The molecule has 0 unspecified atom stereocenters. The summed E-state index contributed by atoms with van der Waals surface area (Å²) in [6.45, 7) is 3.49. The number of rotatable bonds is 6. The Morgan fingerprint density at radius 3 is 2.59 bits per heavy atom. The molecule has 4 aromatic rings. The Morgan fingerprint density at radius 1 is 1.16 bits per heavy atom. The van der Waals surface area contributed by atoms with Gasteiger partial charge in [-0.05, 0) is 49.6 Å². The highest BCUT2D eigenvalue weighted by molar-refractivity contribution is 7.89. The molecule has 0 saturated heterocycles. The number of aryl methyl sites for hydroxylation is 2. The zero-order valence-corrected chi connectivity index (χ0v) is 18.5. The molecule has 11 heteroatoms. The number of thiophene rings is 1. The van der Waals surface area contributed by atoms with Crippen LogP contribution in [0.15, 0.2) is 56.5 Å². The average Bonchev–Trinajstić information content (AvgIpc) is 3.36. The molecule has 0 spiro atoms. The predicted octanol–water partition coefficient (Wildman–Crippen LogP) is 4.00. The van der Waals surface area contributed by atoms with Crippen LogP contribution in [0.2, 0.25) is 0 Å². The first kappa shape index (κ1) is 21.5. The van der Waals surface area contributed by atoms with Crippen LogP contribution in [-0.2, 0) is 10.1 Å². The number of carbonyl (C=O) groups is 2. The Labute approximate surface area is 187 Å². The smallest absolute Gasteiger partial charge is 0.348 e. The summed E-state index contributed by atoms with van der Waals surface area (Å²) in [4.78, 5) is 29.0. The van der Waals surface area contributed by atoms with Gasteiger partial charge in [0.25, 0.3) is 0 Å². The van der Waals surface area contributed by atoms with Crippen LogP contribution < -0.4 is 15.2 Å². The van der Waals surface area contributed by atoms with Crippen LogP contribution >= 0.6 is 11.3 Å². The molecule has 3 aromatic heterocycles. The lowest BCUT2D eigenvalue weighted by Crippen LogP contribution is -2.20. The maximum atomic E-state index is 13.2. The molecule has 32 heavy (non-hydrogen) atoms. The SMILES string of the molecule is Cc1ccc(C(=O)c2oc3cc(OS(=O)(=O)c4cccs4)ccc3c2NC(N)=O)c(C)n1. The Morgan fingerprint density at radius 2 is 1.94 bits per heavy atom. The van der Waals surface area contributed by atoms with E-state index in [1.54, 1.807) is 37.4 Å². The molecule has 0 atom stereocenters. The largest absolute Gasteiger partial charge is 0.450 e. The number of furan rings is 1. The van der Waals surface area contributed by atoms with Crippen molar-refractivity contribution in [3.63, 3.8) is 0 Å². The van der Waals surface area contributed by atoms with Crippen molar-refractivity contribution in [1.29, 1.82) is 0 Å². The molecule has 0 aliphatic carbocycles. The van der Waals surface area contributed by atoms with Crippen molar-refractivity contribution in [2.75, 3.05) is 5.32 Å². The van der Waals surface area contributed by atoms with Gasteiger partial charge < -0.3 is 19.7 Å². The van der Waals surface area contributed by atoms with Crippen molar-refractivity contribution >= 4 is 49.9 Å². The van der Waals surface area contributed by atoms with Gasteiger partial charge in [-0.1, -0.05) is 6.07 Å². The zero-order chi connectivity index (χ0) is 23.0. The number of nitrogens with two attached hydrogens (primary N) is 1. The van der Waals surface area contributed by atoms with Gasteiger partial charge in [0.05, 0.1) is 0 Å². The molecule has 0 bridgehead atoms. The zero-order valence-electron chi connectivity index (χ0n) is 16.9. The minimum Gasteiger partial charge on any atom is -0.450 e. The monoisotopic (exact) mass is 471 g/mol. The van der Waals surface area contributed by atoms with E-state index in [0.29, 0.717) is 16.6 Å². The number of primary amides is 1. The molecule has 3 N–H and O–H groups in total. The Balaban J connectivity index is 1.79. The molecule has 2 amide bonds. The normalized spacial score (nSPS) is 11.4. The predicted molar refractivity (Wildman–Crippen MR) is 119 cm³/mol. The Bertz CT molecular complexity index is 1460. The van der Waals surface area contributed by atoms with Gasteiger partial charge in [-0.25, -0.2) is 4.79 Å². The fourth-order valence-electron chi connectivity index (χ4n) is 3.16. The van der Waals surface area contributed by atoms with Crippen LogP contribution in [0.1, 0.15) is 27.5 Å². The van der Waals surface area contributed by atoms with E-state index in [0.717, 1.165) is 17.0 Å². The number of pyridine rings is 1. The van der Waals surface area contributed by atoms with E-state index in [1.165, 1.54) is 24.3 Å². The van der Waals surface area contributed by atoms with Gasteiger partial charge in [0.15, 0.2) is 9.97 Å². The number of hydrogen-bond donors (Lipinski definition) is 2. The molecule has 0 radical (unpaired) electrons. The number of hydrogen-bond acceptors (Lipinski definition) is 8. The van der Waals surface area contributed by atoms with E-state index in [-0.39, 0.29) is 27.0 Å². The number of benzene rings is 1.